The molecule has 0 atom stereocenters. The number of hydrogen-bond donors (Lipinski definition) is 1. The van der Waals surface area contributed by atoms with Gasteiger partial charge >= 0.3 is 0 Å². The zero-order valence-electron chi connectivity index (χ0n) is 11.1. The number of anilines is 1. The van der Waals surface area contributed by atoms with Crippen LogP contribution < -0.4 is 5.32 Å². The molecule has 20 heavy (non-hydrogen) atoms. The number of hydrogen-bond acceptors (Lipinski definition) is 6. The number of carbonyl (C=O) groups is 1. The van der Waals surface area contributed by atoms with Crippen molar-refractivity contribution in [1.82, 2.24) is 29.6 Å². The van der Waals surface area contributed by atoms with Gasteiger partial charge in [-0.05, 0) is 24.6 Å². The Morgan fingerprint density at radius 3 is 2.90 bits per heavy atom. The molecule has 0 aromatic carbocycles. The largest absolute Gasteiger partial charge is 0.345 e. The van der Waals surface area contributed by atoms with E-state index in [1.165, 1.54) is 4.68 Å². The van der Waals surface area contributed by atoms with E-state index in [0.717, 1.165) is 0 Å². The fraction of sp³-hybridized carbons (Fsp3) is 0.364. The molecule has 0 saturated heterocycles. The zero-order valence-corrected chi connectivity index (χ0v) is 11.9. The van der Waals surface area contributed by atoms with Crippen LogP contribution in [0.1, 0.15) is 6.92 Å². The molecule has 0 aliphatic heterocycles. The first-order valence-electron chi connectivity index (χ1n) is 5.99. The minimum absolute atomic E-state index is 0.0318. The Labute approximate surface area is 120 Å². The van der Waals surface area contributed by atoms with Crippen molar-refractivity contribution in [2.24, 2.45) is 0 Å². The van der Waals surface area contributed by atoms with Gasteiger partial charge in [-0.15, -0.1) is 0 Å². The maximum atomic E-state index is 11.7. The quantitative estimate of drug-likeness (QED) is 0.869. The van der Waals surface area contributed by atoms with Gasteiger partial charge in [0.05, 0.1) is 6.54 Å². The molecule has 2 aromatic rings. The smallest absolute Gasteiger partial charge is 0.256 e. The number of amides is 1. The van der Waals surface area contributed by atoms with E-state index in [2.05, 4.69) is 25.4 Å². The van der Waals surface area contributed by atoms with Gasteiger partial charge in [0.2, 0.25) is 17.1 Å². The average Bonchev–Trinajstić information content (AvgIpc) is 2.97. The van der Waals surface area contributed by atoms with Crippen LogP contribution in [-0.2, 0) is 4.79 Å². The number of nitrogens with one attached hydrogen (secondary N) is 1. The Morgan fingerprint density at radius 2 is 2.25 bits per heavy atom. The molecule has 9 heteroatoms. The van der Waals surface area contributed by atoms with Gasteiger partial charge in [0, 0.05) is 26.0 Å². The highest BCUT2D eigenvalue weighted by molar-refractivity contribution is 6.28. The minimum atomic E-state index is -0.0651. The lowest BCUT2D eigenvalue weighted by atomic mass is 10.5. The van der Waals surface area contributed by atoms with Crippen LogP contribution in [0.4, 0.5) is 5.95 Å². The third-order valence-electron chi connectivity index (χ3n) is 2.60. The predicted molar refractivity (Wildman–Crippen MR) is 73.8 cm³/mol. The van der Waals surface area contributed by atoms with E-state index in [0.29, 0.717) is 6.54 Å². The number of halogens is 1. The molecule has 2 rings (SSSR count). The molecule has 0 unspecified atom stereocenters. The average molecular weight is 296 g/mol. The molecule has 2 aromatic heterocycles. The highest BCUT2D eigenvalue weighted by Crippen LogP contribution is 2.08. The lowest BCUT2D eigenvalue weighted by molar-refractivity contribution is -0.127. The van der Waals surface area contributed by atoms with Gasteiger partial charge in [0.25, 0.3) is 5.95 Å². The van der Waals surface area contributed by atoms with E-state index in [-0.39, 0.29) is 29.6 Å². The second-order valence-electron chi connectivity index (χ2n) is 3.94. The number of nitrogens with zero attached hydrogens (tertiary/aromatic N) is 6. The summed E-state index contributed by atoms with van der Waals surface area (Å²) in [5.74, 6) is 0.451. The predicted octanol–water partition coefficient (Wildman–Crippen LogP) is 0.601. The fourth-order valence-corrected chi connectivity index (χ4v) is 1.53. The van der Waals surface area contributed by atoms with Crippen molar-refractivity contribution in [3.8, 4) is 5.95 Å². The third-order valence-corrected chi connectivity index (χ3v) is 2.77. The summed E-state index contributed by atoms with van der Waals surface area (Å²) in [6, 6.07) is 1.74. The molecule has 0 bridgehead atoms. The van der Waals surface area contributed by atoms with Crippen molar-refractivity contribution in [2.75, 3.05) is 25.5 Å². The second kappa shape index (κ2) is 6.29. The summed E-state index contributed by atoms with van der Waals surface area (Å²) in [6.07, 6.45) is 3.29. The normalized spacial score (nSPS) is 10.3. The van der Waals surface area contributed by atoms with Gasteiger partial charge in [0.15, 0.2) is 0 Å². The Bertz CT molecular complexity index is 586. The number of rotatable bonds is 5. The first kappa shape index (κ1) is 14.2. The van der Waals surface area contributed by atoms with Crippen molar-refractivity contribution in [3.05, 3.63) is 23.7 Å². The first-order chi connectivity index (χ1) is 9.60. The van der Waals surface area contributed by atoms with E-state index in [4.69, 9.17) is 11.6 Å². The lowest BCUT2D eigenvalue weighted by Crippen LogP contribution is -2.32. The van der Waals surface area contributed by atoms with Gasteiger partial charge in [0.1, 0.15) is 0 Å². The van der Waals surface area contributed by atoms with Gasteiger partial charge in [-0.1, -0.05) is 0 Å². The fourth-order valence-electron chi connectivity index (χ4n) is 1.37. The van der Waals surface area contributed by atoms with Gasteiger partial charge < -0.3 is 10.2 Å². The Balaban J connectivity index is 2.11. The molecule has 1 amide bonds. The van der Waals surface area contributed by atoms with Crippen LogP contribution >= 0.6 is 11.6 Å². The Morgan fingerprint density at radius 1 is 1.45 bits per heavy atom. The molecule has 0 radical (unpaired) electrons. The number of likely N-dealkylation sites (N-methyl/N-ethyl adjacent to an activating group) is 1. The van der Waals surface area contributed by atoms with E-state index >= 15 is 0 Å². The van der Waals surface area contributed by atoms with Crippen LogP contribution in [0.15, 0.2) is 18.5 Å². The number of aromatic nitrogens is 5. The molecular formula is C11H14ClN7O. The standard InChI is InChI=1S/C11H14ClN7O/c1-3-18(2)8(20)7-13-10-15-9(12)16-11(17-10)19-6-4-5-14-19/h4-6H,3,7H2,1-2H3,(H,13,15,16,17). The topological polar surface area (TPSA) is 88.8 Å². The highest BCUT2D eigenvalue weighted by atomic mass is 35.5. The second-order valence-corrected chi connectivity index (χ2v) is 4.28. The molecule has 106 valence electrons. The van der Waals surface area contributed by atoms with Crippen molar-refractivity contribution in [3.63, 3.8) is 0 Å². The van der Waals surface area contributed by atoms with Crippen LogP contribution in [-0.4, -0.2) is 55.7 Å². The van der Waals surface area contributed by atoms with E-state index in [9.17, 15) is 4.79 Å². The summed E-state index contributed by atoms with van der Waals surface area (Å²) in [6.45, 7) is 2.62. The summed E-state index contributed by atoms with van der Waals surface area (Å²) in [4.78, 5) is 25.3. The SMILES string of the molecule is CCN(C)C(=O)CNc1nc(Cl)nc(-n2cccn2)n1. The molecule has 0 aliphatic rings. The Hall–Kier alpha value is -2.22. The first-order valence-corrected chi connectivity index (χ1v) is 6.37. The lowest BCUT2D eigenvalue weighted by Gasteiger charge is -2.14. The zero-order chi connectivity index (χ0) is 14.5. The molecule has 0 saturated carbocycles. The van der Waals surface area contributed by atoms with Crippen LogP contribution in [0.3, 0.4) is 0 Å². The summed E-state index contributed by atoms with van der Waals surface area (Å²) in [5, 5.41) is 6.86. The van der Waals surface area contributed by atoms with E-state index in [1.807, 2.05) is 6.92 Å². The molecular weight excluding hydrogens is 282 g/mol. The summed E-state index contributed by atoms with van der Waals surface area (Å²) in [5.41, 5.74) is 0. The van der Waals surface area contributed by atoms with Gasteiger partial charge in [-0.25, -0.2) is 4.68 Å². The third kappa shape index (κ3) is 3.41. The monoisotopic (exact) mass is 295 g/mol. The maximum Gasteiger partial charge on any atom is 0.256 e. The highest BCUT2D eigenvalue weighted by Gasteiger charge is 2.10. The van der Waals surface area contributed by atoms with Crippen LogP contribution in [0.2, 0.25) is 5.28 Å². The van der Waals surface area contributed by atoms with E-state index in [1.54, 1.807) is 30.4 Å². The van der Waals surface area contributed by atoms with Crippen molar-refractivity contribution in [1.29, 1.82) is 0 Å². The van der Waals surface area contributed by atoms with Crippen LogP contribution in [0.25, 0.3) is 5.95 Å². The molecule has 0 fully saturated rings. The summed E-state index contributed by atoms with van der Waals surface area (Å²) < 4.78 is 1.46. The van der Waals surface area contributed by atoms with Crippen LogP contribution in [0.5, 0.6) is 0 Å². The number of carbonyl (C=O) groups excluding carboxylic acids is 1. The van der Waals surface area contributed by atoms with Crippen molar-refractivity contribution >= 4 is 23.5 Å². The minimum Gasteiger partial charge on any atom is -0.345 e. The van der Waals surface area contributed by atoms with Gasteiger partial charge in [-0.2, -0.15) is 20.1 Å². The van der Waals surface area contributed by atoms with E-state index < -0.39 is 0 Å². The molecule has 2 heterocycles. The summed E-state index contributed by atoms with van der Waals surface area (Å²) >= 11 is 5.83. The summed E-state index contributed by atoms with van der Waals surface area (Å²) in [7, 11) is 1.72. The molecule has 0 spiro atoms. The van der Waals surface area contributed by atoms with Gasteiger partial charge in [-0.3, -0.25) is 4.79 Å². The maximum absolute atomic E-state index is 11.7. The molecule has 0 aliphatic carbocycles. The Kier molecular flexibility index (Phi) is 4.46. The van der Waals surface area contributed by atoms with Crippen molar-refractivity contribution in [2.45, 2.75) is 6.92 Å². The molecule has 1 N–H and O–H groups in total. The molecule has 8 nitrogen and oxygen atoms in total. The van der Waals surface area contributed by atoms with Crippen molar-refractivity contribution < 1.29 is 4.79 Å². The van der Waals surface area contributed by atoms with Crippen LogP contribution in [0, 0.1) is 0 Å².